The van der Waals surface area contributed by atoms with E-state index < -0.39 is 13.5 Å². The maximum Gasteiger partial charge on any atom is 0.300 e. The fourth-order valence-electron chi connectivity index (χ4n) is 1.41. The molecule has 2 aromatic rings. The Morgan fingerprint density at radius 1 is 1.47 bits per heavy atom. The standard InChI is InChI=1S/C9H11N4O3P/c1-5-12-7-4-6(2-3-8(7)16-5)9(14)13-17(10,11)15/h2-4H,1H3,(H5,10,11,13,14,15). The number of oxazole rings is 1. The van der Waals surface area contributed by atoms with Crippen LogP contribution in [0.4, 0.5) is 0 Å². The van der Waals surface area contributed by atoms with Gasteiger partial charge >= 0.3 is 7.59 Å². The van der Waals surface area contributed by atoms with Crippen LogP contribution in [0.5, 0.6) is 0 Å². The van der Waals surface area contributed by atoms with Crippen molar-refractivity contribution in [2.75, 3.05) is 0 Å². The number of benzene rings is 1. The predicted molar refractivity (Wildman–Crippen MR) is 62.2 cm³/mol. The molecule has 0 radical (unpaired) electrons. The zero-order valence-corrected chi connectivity index (χ0v) is 9.90. The van der Waals surface area contributed by atoms with E-state index in [4.69, 9.17) is 15.4 Å². The van der Waals surface area contributed by atoms with Gasteiger partial charge in [0, 0.05) is 12.5 Å². The molecule has 0 fully saturated rings. The van der Waals surface area contributed by atoms with Crippen molar-refractivity contribution < 1.29 is 13.8 Å². The van der Waals surface area contributed by atoms with Crippen molar-refractivity contribution in [2.45, 2.75) is 6.92 Å². The van der Waals surface area contributed by atoms with Crippen LogP contribution in [-0.2, 0) is 4.57 Å². The molecule has 0 saturated heterocycles. The van der Waals surface area contributed by atoms with E-state index in [1.807, 2.05) is 5.09 Å². The molecule has 2 rings (SSSR count). The van der Waals surface area contributed by atoms with Crippen molar-refractivity contribution in [1.82, 2.24) is 10.1 Å². The van der Waals surface area contributed by atoms with Gasteiger partial charge in [-0.3, -0.25) is 25.5 Å². The average Bonchev–Trinajstić information content (AvgIpc) is 2.53. The fraction of sp³-hybridized carbons (Fsp3) is 0.111. The summed E-state index contributed by atoms with van der Waals surface area (Å²) in [4.78, 5) is 15.7. The highest BCUT2D eigenvalue weighted by Crippen LogP contribution is 2.21. The monoisotopic (exact) mass is 254 g/mol. The quantitative estimate of drug-likeness (QED) is 0.683. The molecule has 0 atom stereocenters. The zero-order valence-electron chi connectivity index (χ0n) is 9.01. The molecule has 8 heteroatoms. The number of rotatable bonds is 2. The van der Waals surface area contributed by atoms with E-state index in [0.717, 1.165) is 0 Å². The molecule has 0 aliphatic heterocycles. The molecular formula is C9H11N4O3P. The molecular weight excluding hydrogens is 243 g/mol. The Labute approximate surface area is 96.7 Å². The van der Waals surface area contributed by atoms with Gasteiger partial charge in [0.15, 0.2) is 11.5 Å². The number of nitrogens with one attached hydrogen (secondary N) is 1. The van der Waals surface area contributed by atoms with E-state index in [2.05, 4.69) is 4.98 Å². The number of carbonyl (C=O) groups excluding carboxylic acids is 1. The summed E-state index contributed by atoms with van der Waals surface area (Å²) in [5, 5.41) is 2.02. The van der Waals surface area contributed by atoms with Crippen molar-refractivity contribution in [3.63, 3.8) is 0 Å². The van der Waals surface area contributed by atoms with Crippen LogP contribution in [0.15, 0.2) is 22.6 Å². The summed E-state index contributed by atoms with van der Waals surface area (Å²) in [7, 11) is -3.59. The van der Waals surface area contributed by atoms with Crippen molar-refractivity contribution in [3.8, 4) is 0 Å². The van der Waals surface area contributed by atoms with Crippen LogP contribution in [0.2, 0.25) is 0 Å². The fourth-order valence-corrected chi connectivity index (χ4v) is 1.85. The molecule has 0 aliphatic rings. The van der Waals surface area contributed by atoms with E-state index in [0.29, 0.717) is 17.0 Å². The molecule has 1 aromatic heterocycles. The zero-order chi connectivity index (χ0) is 12.6. The lowest BCUT2D eigenvalue weighted by molar-refractivity contribution is 0.0980. The molecule has 7 nitrogen and oxygen atoms in total. The van der Waals surface area contributed by atoms with Gasteiger partial charge in [0.05, 0.1) is 0 Å². The SMILES string of the molecule is Cc1nc2cc(C(=O)NP(N)(N)=O)ccc2o1. The minimum absolute atomic E-state index is 0.266. The molecule has 0 aliphatic carbocycles. The lowest BCUT2D eigenvalue weighted by Gasteiger charge is -2.08. The Hall–Kier alpha value is -1.69. The van der Waals surface area contributed by atoms with Gasteiger partial charge in [-0.2, -0.15) is 0 Å². The second-order valence-electron chi connectivity index (χ2n) is 3.57. The Balaban J connectivity index is 2.36. The van der Waals surface area contributed by atoms with Gasteiger partial charge < -0.3 is 4.42 Å². The van der Waals surface area contributed by atoms with Crippen LogP contribution in [0.3, 0.4) is 0 Å². The molecule has 1 aromatic carbocycles. The van der Waals surface area contributed by atoms with E-state index >= 15 is 0 Å². The molecule has 1 heterocycles. The van der Waals surface area contributed by atoms with Crippen LogP contribution < -0.4 is 16.1 Å². The number of aryl methyl sites for hydroxylation is 1. The Kier molecular flexibility index (Phi) is 2.74. The van der Waals surface area contributed by atoms with Gasteiger partial charge in [-0.15, -0.1) is 0 Å². The molecule has 17 heavy (non-hydrogen) atoms. The number of nitrogens with zero attached hydrogens (tertiary/aromatic N) is 1. The number of hydrogen-bond acceptors (Lipinski definition) is 4. The van der Waals surface area contributed by atoms with Gasteiger partial charge in [-0.25, -0.2) is 4.98 Å². The molecule has 1 amide bonds. The lowest BCUT2D eigenvalue weighted by atomic mass is 10.2. The summed E-state index contributed by atoms with van der Waals surface area (Å²) in [6.45, 7) is 1.70. The third-order valence-electron chi connectivity index (χ3n) is 2.03. The number of fused-ring (bicyclic) bond motifs is 1. The maximum absolute atomic E-state index is 11.6. The van der Waals surface area contributed by atoms with Crippen LogP contribution >= 0.6 is 7.59 Å². The largest absolute Gasteiger partial charge is 0.441 e. The number of nitrogens with two attached hydrogens (primary N) is 2. The molecule has 0 saturated carbocycles. The summed E-state index contributed by atoms with van der Waals surface area (Å²) >= 11 is 0. The molecule has 5 N–H and O–H groups in total. The van der Waals surface area contributed by atoms with Crippen molar-refractivity contribution in [2.24, 2.45) is 11.0 Å². The van der Waals surface area contributed by atoms with Gasteiger partial charge in [0.2, 0.25) is 0 Å². The molecule has 0 spiro atoms. The third-order valence-corrected chi connectivity index (χ3v) is 2.59. The van der Waals surface area contributed by atoms with Crippen LogP contribution in [0, 0.1) is 6.92 Å². The topological polar surface area (TPSA) is 124 Å². The molecule has 0 bridgehead atoms. The van der Waals surface area contributed by atoms with E-state index in [-0.39, 0.29) is 5.56 Å². The van der Waals surface area contributed by atoms with Gasteiger partial charge in [-0.1, -0.05) is 0 Å². The number of carbonyl (C=O) groups is 1. The Bertz CT molecular complexity index is 630. The van der Waals surface area contributed by atoms with E-state index in [1.165, 1.54) is 12.1 Å². The summed E-state index contributed by atoms with van der Waals surface area (Å²) in [6, 6.07) is 4.62. The Morgan fingerprint density at radius 2 is 2.18 bits per heavy atom. The second-order valence-corrected chi connectivity index (χ2v) is 5.21. The first-order valence-corrected chi connectivity index (χ1v) is 6.57. The smallest absolute Gasteiger partial charge is 0.300 e. The van der Waals surface area contributed by atoms with Crippen molar-refractivity contribution in [1.29, 1.82) is 0 Å². The predicted octanol–water partition coefficient (Wildman–Crippen LogP) is 0.892. The maximum atomic E-state index is 11.6. The summed E-state index contributed by atoms with van der Waals surface area (Å²) in [6.07, 6.45) is 0. The second kappa shape index (κ2) is 3.96. The Morgan fingerprint density at radius 3 is 2.82 bits per heavy atom. The number of amides is 1. The minimum Gasteiger partial charge on any atom is -0.441 e. The van der Waals surface area contributed by atoms with Gasteiger partial charge in [-0.05, 0) is 18.2 Å². The highest BCUT2D eigenvalue weighted by Gasteiger charge is 2.15. The first-order valence-electron chi connectivity index (χ1n) is 4.72. The van der Waals surface area contributed by atoms with E-state index in [1.54, 1.807) is 13.0 Å². The normalized spacial score (nSPS) is 11.7. The third kappa shape index (κ3) is 2.71. The lowest BCUT2D eigenvalue weighted by Crippen LogP contribution is -2.28. The summed E-state index contributed by atoms with van der Waals surface area (Å²) < 4.78 is 16.3. The van der Waals surface area contributed by atoms with Crippen LogP contribution in [-0.4, -0.2) is 10.9 Å². The van der Waals surface area contributed by atoms with Crippen molar-refractivity contribution >= 4 is 24.6 Å². The van der Waals surface area contributed by atoms with Crippen LogP contribution in [0.1, 0.15) is 16.2 Å². The van der Waals surface area contributed by atoms with Gasteiger partial charge in [0.25, 0.3) is 5.91 Å². The summed E-state index contributed by atoms with van der Waals surface area (Å²) in [5.41, 5.74) is 11.5. The van der Waals surface area contributed by atoms with Crippen molar-refractivity contribution in [3.05, 3.63) is 29.7 Å². The van der Waals surface area contributed by atoms with Gasteiger partial charge in [0.1, 0.15) is 5.52 Å². The van der Waals surface area contributed by atoms with E-state index in [9.17, 15) is 9.36 Å². The molecule has 0 unspecified atom stereocenters. The van der Waals surface area contributed by atoms with Crippen LogP contribution in [0.25, 0.3) is 11.1 Å². The summed E-state index contributed by atoms with van der Waals surface area (Å²) in [5.74, 6) is -0.109. The molecule has 90 valence electrons. The highest BCUT2D eigenvalue weighted by atomic mass is 31.2. The number of aromatic nitrogens is 1. The minimum atomic E-state index is -3.59. The highest BCUT2D eigenvalue weighted by molar-refractivity contribution is 7.57. The first kappa shape index (κ1) is 11.8. The first-order chi connectivity index (χ1) is 7.85. The number of hydrogen-bond donors (Lipinski definition) is 3. The average molecular weight is 254 g/mol.